The van der Waals surface area contributed by atoms with E-state index in [2.05, 4.69) is 0 Å². The summed E-state index contributed by atoms with van der Waals surface area (Å²) in [7, 11) is 1.24. The SMILES string of the molecule is CCOC(CC[SiH3])OCC. The molecule has 0 bridgehead atoms. The molecule has 0 aromatic rings. The van der Waals surface area contributed by atoms with Crippen LogP contribution in [0.15, 0.2) is 0 Å². The van der Waals surface area contributed by atoms with Gasteiger partial charge in [0.05, 0.1) is 0 Å². The predicted molar refractivity (Wildman–Crippen MR) is 46.4 cm³/mol. The minimum absolute atomic E-state index is 0.0625. The van der Waals surface area contributed by atoms with Crippen molar-refractivity contribution in [2.45, 2.75) is 32.6 Å². The van der Waals surface area contributed by atoms with Gasteiger partial charge >= 0.3 is 0 Å². The summed E-state index contributed by atoms with van der Waals surface area (Å²) in [5.41, 5.74) is 0. The molecule has 0 fully saturated rings. The van der Waals surface area contributed by atoms with Gasteiger partial charge in [-0.2, -0.15) is 0 Å². The number of ether oxygens (including phenoxy) is 2. The van der Waals surface area contributed by atoms with Gasteiger partial charge in [-0.15, -0.1) is 0 Å². The fraction of sp³-hybridized carbons (Fsp3) is 1.00. The maximum absolute atomic E-state index is 5.32. The fourth-order valence-corrected chi connectivity index (χ4v) is 1.29. The van der Waals surface area contributed by atoms with E-state index in [1.54, 1.807) is 0 Å². The first-order valence-corrected chi connectivity index (χ1v) is 5.49. The maximum Gasteiger partial charge on any atom is 0.157 e. The zero-order valence-electron chi connectivity index (χ0n) is 7.22. The van der Waals surface area contributed by atoms with Crippen LogP contribution in [0.3, 0.4) is 0 Å². The molecule has 0 aromatic heterocycles. The average molecular weight is 162 g/mol. The van der Waals surface area contributed by atoms with E-state index >= 15 is 0 Å². The molecule has 0 saturated carbocycles. The van der Waals surface area contributed by atoms with Gasteiger partial charge in [-0.3, -0.25) is 0 Å². The van der Waals surface area contributed by atoms with Crippen LogP contribution >= 0.6 is 0 Å². The summed E-state index contributed by atoms with van der Waals surface area (Å²) in [4.78, 5) is 0. The molecule has 0 unspecified atom stereocenters. The van der Waals surface area contributed by atoms with Crippen molar-refractivity contribution in [1.29, 1.82) is 0 Å². The molecule has 2 nitrogen and oxygen atoms in total. The van der Waals surface area contributed by atoms with Crippen molar-refractivity contribution in [2.75, 3.05) is 13.2 Å². The summed E-state index contributed by atoms with van der Waals surface area (Å²) in [6.45, 7) is 5.51. The summed E-state index contributed by atoms with van der Waals surface area (Å²) < 4.78 is 10.6. The second-order valence-corrected chi connectivity index (χ2v) is 3.13. The standard InChI is InChI=1S/C7H18O2Si/c1-3-8-7(5-6-10)9-4-2/h7H,3-6H2,1-2,10H3. The topological polar surface area (TPSA) is 18.5 Å². The van der Waals surface area contributed by atoms with Gasteiger partial charge in [-0.1, -0.05) is 6.04 Å². The monoisotopic (exact) mass is 162 g/mol. The lowest BCUT2D eigenvalue weighted by atomic mass is 10.4. The van der Waals surface area contributed by atoms with Crippen molar-refractivity contribution in [3.8, 4) is 0 Å². The summed E-state index contributed by atoms with van der Waals surface area (Å²) in [5.74, 6) is 0. The van der Waals surface area contributed by atoms with E-state index in [4.69, 9.17) is 9.47 Å². The highest BCUT2D eigenvalue weighted by Gasteiger charge is 2.04. The van der Waals surface area contributed by atoms with Crippen LogP contribution in [-0.4, -0.2) is 29.7 Å². The lowest BCUT2D eigenvalue weighted by molar-refractivity contribution is -0.136. The molecule has 0 aliphatic heterocycles. The highest BCUT2D eigenvalue weighted by molar-refractivity contribution is 6.08. The predicted octanol–water partition coefficient (Wildman–Crippen LogP) is 0.559. The van der Waals surface area contributed by atoms with Crippen molar-refractivity contribution in [2.24, 2.45) is 0 Å². The van der Waals surface area contributed by atoms with Crippen LogP contribution in [0.1, 0.15) is 20.3 Å². The van der Waals surface area contributed by atoms with Gasteiger partial charge in [0.1, 0.15) is 0 Å². The van der Waals surface area contributed by atoms with E-state index < -0.39 is 0 Å². The quantitative estimate of drug-likeness (QED) is 0.420. The summed E-state index contributed by atoms with van der Waals surface area (Å²) in [6.07, 6.45) is 1.13. The van der Waals surface area contributed by atoms with Gasteiger partial charge in [0, 0.05) is 23.5 Å². The van der Waals surface area contributed by atoms with Gasteiger partial charge in [-0.25, -0.2) is 0 Å². The van der Waals surface area contributed by atoms with Crippen LogP contribution in [0.2, 0.25) is 6.04 Å². The van der Waals surface area contributed by atoms with Gasteiger partial charge in [0.2, 0.25) is 0 Å². The molecule has 0 aliphatic rings. The van der Waals surface area contributed by atoms with Crippen molar-refractivity contribution in [1.82, 2.24) is 0 Å². The number of rotatable bonds is 6. The first-order valence-electron chi connectivity index (χ1n) is 4.08. The normalized spacial score (nSPS) is 11.1. The van der Waals surface area contributed by atoms with Crippen molar-refractivity contribution in [3.05, 3.63) is 0 Å². The molecule has 3 heteroatoms. The Morgan fingerprint density at radius 1 is 1.20 bits per heavy atom. The van der Waals surface area contributed by atoms with Gasteiger partial charge < -0.3 is 9.47 Å². The highest BCUT2D eigenvalue weighted by atomic mass is 28.1. The molecule has 0 heterocycles. The number of hydrogen-bond acceptors (Lipinski definition) is 2. The van der Waals surface area contributed by atoms with E-state index in [1.807, 2.05) is 13.8 Å². The molecule has 0 aromatic carbocycles. The summed E-state index contributed by atoms with van der Waals surface area (Å²) in [6, 6.07) is 1.25. The Balaban J connectivity index is 3.30. The highest BCUT2D eigenvalue weighted by Crippen LogP contribution is 2.02. The molecule has 0 atom stereocenters. The van der Waals surface area contributed by atoms with Crippen LogP contribution in [-0.2, 0) is 9.47 Å². The Morgan fingerprint density at radius 2 is 1.70 bits per heavy atom. The average Bonchev–Trinajstić information content (AvgIpc) is 1.90. The van der Waals surface area contributed by atoms with Crippen molar-refractivity contribution < 1.29 is 9.47 Å². The maximum atomic E-state index is 5.32. The minimum Gasteiger partial charge on any atom is -0.353 e. The number of hydrogen-bond donors (Lipinski definition) is 0. The molecule has 0 N–H and O–H groups in total. The summed E-state index contributed by atoms with van der Waals surface area (Å²) >= 11 is 0. The Bertz CT molecular complexity index is 54.4. The zero-order valence-corrected chi connectivity index (χ0v) is 9.22. The summed E-state index contributed by atoms with van der Waals surface area (Å²) in [5, 5.41) is 0. The zero-order chi connectivity index (χ0) is 7.82. The van der Waals surface area contributed by atoms with Crippen LogP contribution < -0.4 is 0 Å². The molecule has 0 saturated heterocycles. The third kappa shape index (κ3) is 4.96. The third-order valence-electron chi connectivity index (χ3n) is 1.23. The largest absolute Gasteiger partial charge is 0.353 e. The Hall–Kier alpha value is 0.137. The molecule has 0 radical (unpaired) electrons. The molecule has 10 heavy (non-hydrogen) atoms. The molecule has 62 valence electrons. The molecular formula is C7H18O2Si. The van der Waals surface area contributed by atoms with Crippen LogP contribution in [0, 0.1) is 0 Å². The van der Waals surface area contributed by atoms with E-state index in [0.717, 1.165) is 19.6 Å². The second kappa shape index (κ2) is 7.25. The Labute approximate surface area is 66.3 Å². The van der Waals surface area contributed by atoms with Crippen LogP contribution in [0.25, 0.3) is 0 Å². The smallest absolute Gasteiger partial charge is 0.157 e. The Morgan fingerprint density at radius 3 is 2.00 bits per heavy atom. The lowest BCUT2D eigenvalue weighted by Crippen LogP contribution is -2.16. The van der Waals surface area contributed by atoms with Crippen molar-refractivity contribution >= 4 is 10.2 Å². The van der Waals surface area contributed by atoms with Crippen LogP contribution in [0.5, 0.6) is 0 Å². The van der Waals surface area contributed by atoms with E-state index in [-0.39, 0.29) is 6.29 Å². The lowest BCUT2D eigenvalue weighted by Gasteiger charge is -2.15. The van der Waals surface area contributed by atoms with Gasteiger partial charge in [0.15, 0.2) is 6.29 Å². The minimum atomic E-state index is 0.0625. The molecule has 0 amide bonds. The molecule has 0 rings (SSSR count). The molecular weight excluding hydrogens is 144 g/mol. The van der Waals surface area contributed by atoms with Crippen LogP contribution in [0.4, 0.5) is 0 Å². The second-order valence-electron chi connectivity index (χ2n) is 2.13. The van der Waals surface area contributed by atoms with Gasteiger partial charge in [0.25, 0.3) is 0 Å². The fourth-order valence-electron chi connectivity index (χ4n) is 0.822. The Kier molecular flexibility index (Phi) is 7.35. The van der Waals surface area contributed by atoms with E-state index in [1.165, 1.54) is 16.3 Å². The van der Waals surface area contributed by atoms with Gasteiger partial charge in [-0.05, 0) is 20.3 Å². The first kappa shape index (κ1) is 10.1. The first-order chi connectivity index (χ1) is 4.85. The molecule has 0 spiro atoms. The third-order valence-corrected chi connectivity index (χ3v) is 1.81. The van der Waals surface area contributed by atoms with E-state index in [9.17, 15) is 0 Å². The van der Waals surface area contributed by atoms with Crippen molar-refractivity contribution in [3.63, 3.8) is 0 Å². The van der Waals surface area contributed by atoms with E-state index in [0.29, 0.717) is 0 Å². The molecule has 0 aliphatic carbocycles.